The van der Waals surface area contributed by atoms with Crippen LogP contribution in [0.15, 0.2) is 52.3 Å². The molecule has 1 fully saturated rings. The summed E-state index contributed by atoms with van der Waals surface area (Å²) in [6.45, 7) is 1.84. The van der Waals surface area contributed by atoms with Crippen LogP contribution in [0, 0.1) is 6.92 Å². The Hall–Kier alpha value is -2.93. The molecular weight excluding hydrogens is 498 g/mol. The number of benzene rings is 2. The van der Waals surface area contributed by atoms with Gasteiger partial charge in [-0.2, -0.15) is 0 Å². The molecule has 3 rings (SSSR count). The van der Waals surface area contributed by atoms with Gasteiger partial charge in [0.2, 0.25) is 5.91 Å². The van der Waals surface area contributed by atoms with Crippen molar-refractivity contribution in [1.29, 1.82) is 0 Å². The fourth-order valence-electron chi connectivity index (χ4n) is 2.96. The third-order valence-corrected chi connectivity index (χ3v) is 7.44. The number of thioether (sulfide) groups is 1. The highest BCUT2D eigenvalue weighted by Gasteiger charge is 2.32. The van der Waals surface area contributed by atoms with Crippen molar-refractivity contribution in [2.24, 2.45) is 0 Å². The number of amides is 2. The smallest absolute Gasteiger partial charge is 0.266 e. The molecule has 0 unspecified atom stereocenters. The highest BCUT2D eigenvalue weighted by atomic mass is 32.2. The molecule has 9 nitrogen and oxygen atoms in total. The van der Waals surface area contributed by atoms with E-state index in [1.54, 1.807) is 36.4 Å². The summed E-state index contributed by atoms with van der Waals surface area (Å²) in [6.07, 6.45) is 1.53. The molecule has 1 saturated heterocycles. The Morgan fingerprint density at radius 1 is 1.12 bits per heavy atom. The predicted molar refractivity (Wildman–Crippen MR) is 134 cm³/mol. The summed E-state index contributed by atoms with van der Waals surface area (Å²) < 4.78 is 35.4. The lowest BCUT2D eigenvalue weighted by molar-refractivity contribution is -0.124. The minimum absolute atomic E-state index is 0.00599. The summed E-state index contributed by atoms with van der Waals surface area (Å²) in [5.41, 5.74) is 3.79. The number of sulfonamides is 1. The van der Waals surface area contributed by atoms with E-state index in [2.05, 4.69) is 10.3 Å². The second-order valence-corrected chi connectivity index (χ2v) is 10.5. The van der Waals surface area contributed by atoms with E-state index in [4.69, 9.17) is 21.7 Å². The molecule has 180 valence electrons. The van der Waals surface area contributed by atoms with Crippen LogP contribution in [0.25, 0.3) is 6.08 Å². The largest absolute Gasteiger partial charge is 0.493 e. The molecule has 0 spiro atoms. The van der Waals surface area contributed by atoms with Crippen molar-refractivity contribution < 1.29 is 27.5 Å². The number of hydrazine groups is 1. The van der Waals surface area contributed by atoms with E-state index in [0.717, 1.165) is 22.9 Å². The molecule has 0 aromatic heterocycles. The van der Waals surface area contributed by atoms with E-state index in [1.165, 1.54) is 31.3 Å². The first kappa shape index (κ1) is 25.7. The Bertz CT molecular complexity index is 1240. The zero-order valence-corrected chi connectivity index (χ0v) is 21.1. The molecule has 34 heavy (non-hydrogen) atoms. The normalized spacial score (nSPS) is 15.0. The highest BCUT2D eigenvalue weighted by Crippen LogP contribution is 2.34. The van der Waals surface area contributed by atoms with Crippen LogP contribution in [-0.4, -0.2) is 50.2 Å². The molecule has 2 amide bonds. The quantitative estimate of drug-likeness (QED) is 0.294. The summed E-state index contributed by atoms with van der Waals surface area (Å²) in [5, 5.41) is 0. The van der Waals surface area contributed by atoms with Crippen molar-refractivity contribution in [2.75, 3.05) is 20.8 Å². The fraction of sp³-hybridized carbons (Fsp3) is 0.227. The predicted octanol–water partition coefficient (Wildman–Crippen LogP) is 2.61. The molecule has 1 aliphatic rings. The SMILES string of the molecule is COc1ccc(/C=C2\SC(=S)N(CCC(=O)NNS(=O)(=O)c3ccc(C)cc3)C2=O)cc1OC. The van der Waals surface area contributed by atoms with Gasteiger partial charge < -0.3 is 9.47 Å². The summed E-state index contributed by atoms with van der Waals surface area (Å²) in [4.78, 5) is 28.8. The van der Waals surface area contributed by atoms with Crippen molar-refractivity contribution in [3.05, 3.63) is 58.5 Å². The molecule has 0 saturated carbocycles. The Labute approximate surface area is 207 Å². The molecule has 2 aromatic rings. The number of rotatable bonds is 9. The number of aryl methyl sites for hydroxylation is 1. The van der Waals surface area contributed by atoms with Gasteiger partial charge >= 0.3 is 0 Å². The van der Waals surface area contributed by atoms with Gasteiger partial charge in [0.05, 0.1) is 24.0 Å². The van der Waals surface area contributed by atoms with Crippen molar-refractivity contribution >= 4 is 56.2 Å². The van der Waals surface area contributed by atoms with Gasteiger partial charge in [-0.25, -0.2) is 8.42 Å². The first-order valence-electron chi connectivity index (χ1n) is 9.99. The summed E-state index contributed by atoms with van der Waals surface area (Å²) >= 11 is 6.41. The second kappa shape index (κ2) is 11.0. The number of carbonyl (C=O) groups is 2. The molecule has 2 aromatic carbocycles. The number of ether oxygens (including phenoxy) is 2. The Kier molecular flexibility index (Phi) is 8.31. The van der Waals surface area contributed by atoms with Gasteiger partial charge in [-0.05, 0) is 42.8 Å². The minimum atomic E-state index is -3.91. The van der Waals surface area contributed by atoms with Gasteiger partial charge in [-0.3, -0.25) is 19.9 Å². The second-order valence-electron chi connectivity index (χ2n) is 7.16. The van der Waals surface area contributed by atoms with Crippen LogP contribution in [0.1, 0.15) is 17.5 Å². The molecule has 1 heterocycles. The number of nitrogens with zero attached hydrogens (tertiary/aromatic N) is 1. The van der Waals surface area contributed by atoms with Crippen LogP contribution in [-0.2, 0) is 19.6 Å². The van der Waals surface area contributed by atoms with Gasteiger partial charge in [-0.15, -0.1) is 4.83 Å². The van der Waals surface area contributed by atoms with E-state index in [9.17, 15) is 18.0 Å². The van der Waals surface area contributed by atoms with Gasteiger partial charge in [0.25, 0.3) is 15.9 Å². The highest BCUT2D eigenvalue weighted by molar-refractivity contribution is 8.26. The number of nitrogens with one attached hydrogen (secondary N) is 2. The van der Waals surface area contributed by atoms with Gasteiger partial charge in [-0.1, -0.05) is 47.7 Å². The zero-order valence-electron chi connectivity index (χ0n) is 18.7. The topological polar surface area (TPSA) is 114 Å². The lowest BCUT2D eigenvalue weighted by Gasteiger charge is -2.14. The van der Waals surface area contributed by atoms with Gasteiger partial charge in [0.15, 0.2) is 11.5 Å². The molecule has 0 radical (unpaired) electrons. The van der Waals surface area contributed by atoms with Gasteiger partial charge in [0, 0.05) is 13.0 Å². The van der Waals surface area contributed by atoms with E-state index in [-0.39, 0.29) is 23.8 Å². The average molecular weight is 522 g/mol. The van der Waals surface area contributed by atoms with Gasteiger partial charge in [0.1, 0.15) is 4.32 Å². The van der Waals surface area contributed by atoms with Crippen molar-refractivity contribution in [1.82, 2.24) is 15.2 Å². The van der Waals surface area contributed by atoms with E-state index >= 15 is 0 Å². The van der Waals surface area contributed by atoms with Crippen LogP contribution in [0.3, 0.4) is 0 Å². The minimum Gasteiger partial charge on any atom is -0.493 e. The molecule has 2 N–H and O–H groups in total. The Balaban J connectivity index is 1.58. The number of hydrogen-bond donors (Lipinski definition) is 2. The van der Waals surface area contributed by atoms with Crippen molar-refractivity contribution in [3.63, 3.8) is 0 Å². The summed E-state index contributed by atoms with van der Waals surface area (Å²) in [5.74, 6) is 0.152. The van der Waals surface area contributed by atoms with Crippen LogP contribution in [0.5, 0.6) is 11.5 Å². The van der Waals surface area contributed by atoms with Crippen molar-refractivity contribution in [2.45, 2.75) is 18.2 Å². The molecule has 1 aliphatic heterocycles. The monoisotopic (exact) mass is 521 g/mol. The number of hydrogen-bond acceptors (Lipinski definition) is 8. The van der Waals surface area contributed by atoms with Crippen LogP contribution < -0.4 is 19.7 Å². The molecule has 0 atom stereocenters. The summed E-state index contributed by atoms with van der Waals surface area (Å²) in [6, 6.07) is 11.4. The zero-order chi connectivity index (χ0) is 24.9. The third kappa shape index (κ3) is 6.14. The van der Waals surface area contributed by atoms with E-state index in [0.29, 0.717) is 20.7 Å². The molecule has 0 aliphatic carbocycles. The summed E-state index contributed by atoms with van der Waals surface area (Å²) in [7, 11) is -0.851. The first-order valence-corrected chi connectivity index (χ1v) is 12.7. The lowest BCUT2D eigenvalue weighted by Crippen LogP contribution is -2.43. The Morgan fingerprint density at radius 3 is 2.44 bits per heavy atom. The molecule has 0 bridgehead atoms. The maximum absolute atomic E-state index is 12.8. The maximum Gasteiger partial charge on any atom is 0.266 e. The molecular formula is C22H23N3O6S3. The van der Waals surface area contributed by atoms with E-state index < -0.39 is 15.9 Å². The first-order chi connectivity index (χ1) is 16.1. The maximum atomic E-state index is 12.8. The van der Waals surface area contributed by atoms with Crippen molar-refractivity contribution in [3.8, 4) is 11.5 Å². The van der Waals surface area contributed by atoms with Crippen LogP contribution in [0.4, 0.5) is 0 Å². The Morgan fingerprint density at radius 2 is 1.79 bits per heavy atom. The average Bonchev–Trinajstić information content (AvgIpc) is 3.08. The fourth-order valence-corrected chi connectivity index (χ4v) is 5.13. The van der Waals surface area contributed by atoms with E-state index in [1.807, 2.05) is 6.92 Å². The van der Waals surface area contributed by atoms with Crippen LogP contribution >= 0.6 is 24.0 Å². The number of methoxy groups -OCH3 is 2. The number of carbonyl (C=O) groups excluding carboxylic acids is 2. The lowest BCUT2D eigenvalue weighted by atomic mass is 10.2. The standard InChI is InChI=1S/C22H23N3O6S3/c1-14-4-7-16(8-5-14)34(28,29)24-23-20(26)10-11-25-21(27)19(33-22(25)32)13-15-6-9-17(30-2)18(12-15)31-3/h4-9,12-13,24H,10-11H2,1-3H3,(H,23,26)/b19-13-. The molecule has 12 heteroatoms. The third-order valence-electron chi connectivity index (χ3n) is 4.80. The number of thiocarbonyl (C=S) groups is 1. The van der Waals surface area contributed by atoms with Crippen LogP contribution in [0.2, 0.25) is 0 Å².